The topological polar surface area (TPSA) is 58.6 Å². The number of rotatable bonds is 6. The molecule has 4 atom stereocenters. The fourth-order valence-electron chi connectivity index (χ4n) is 4.46. The first-order valence-corrected chi connectivity index (χ1v) is 10.6. The Morgan fingerprint density at radius 3 is 2.34 bits per heavy atom. The highest BCUT2D eigenvalue weighted by atomic mass is 19.4. The number of benzene rings is 2. The number of carbonyl (C=O) groups is 2. The van der Waals surface area contributed by atoms with Crippen molar-refractivity contribution in [2.24, 2.45) is 5.92 Å². The average Bonchev–Trinajstić information content (AvgIpc) is 3.46. The highest BCUT2D eigenvalue weighted by molar-refractivity contribution is 5.89. The Morgan fingerprint density at radius 1 is 1.09 bits per heavy atom. The molecule has 2 aromatic carbocycles. The molecule has 0 aromatic heterocycles. The van der Waals surface area contributed by atoms with Crippen molar-refractivity contribution >= 4 is 11.9 Å². The molecule has 2 fully saturated rings. The monoisotopic (exact) mass is 446 g/mol. The smallest absolute Gasteiger partial charge is 0.416 e. The lowest BCUT2D eigenvalue weighted by atomic mass is 10.0. The number of halogens is 3. The predicted octanol–water partition coefficient (Wildman–Crippen LogP) is 4.33. The van der Waals surface area contributed by atoms with E-state index in [9.17, 15) is 22.8 Å². The Balaban J connectivity index is 1.40. The van der Waals surface area contributed by atoms with Gasteiger partial charge in [-0.05, 0) is 61.1 Å². The molecule has 32 heavy (non-hydrogen) atoms. The molecule has 170 valence electrons. The van der Waals surface area contributed by atoms with Gasteiger partial charge >= 0.3 is 12.1 Å². The number of nitrogens with one attached hydrogen (secondary N) is 1. The highest BCUT2D eigenvalue weighted by Crippen LogP contribution is 2.48. The first-order chi connectivity index (χ1) is 15.2. The van der Waals surface area contributed by atoms with Gasteiger partial charge in [-0.25, -0.2) is 4.79 Å². The summed E-state index contributed by atoms with van der Waals surface area (Å²) in [6, 6.07) is 11.8. The SMILES string of the molecule is COC(=O)c1ccc([C@H](C)NC(=O)C2CC3CC3N2Cc2ccc(C(F)(F)F)cc2)cc1. The van der Waals surface area contributed by atoms with Crippen molar-refractivity contribution in [2.75, 3.05) is 7.11 Å². The van der Waals surface area contributed by atoms with Crippen molar-refractivity contribution in [1.82, 2.24) is 10.2 Å². The third kappa shape index (κ3) is 4.65. The van der Waals surface area contributed by atoms with Crippen molar-refractivity contribution in [2.45, 2.75) is 50.6 Å². The van der Waals surface area contributed by atoms with Gasteiger partial charge in [0.2, 0.25) is 5.91 Å². The fraction of sp³-hybridized carbons (Fsp3) is 0.417. The van der Waals surface area contributed by atoms with E-state index in [1.165, 1.54) is 19.2 Å². The maximum absolute atomic E-state index is 13.0. The van der Waals surface area contributed by atoms with E-state index in [4.69, 9.17) is 4.74 Å². The van der Waals surface area contributed by atoms with E-state index < -0.39 is 17.7 Å². The second-order valence-electron chi connectivity index (χ2n) is 8.53. The lowest BCUT2D eigenvalue weighted by Crippen LogP contribution is -2.45. The van der Waals surface area contributed by atoms with Crippen molar-refractivity contribution in [3.05, 3.63) is 70.8 Å². The van der Waals surface area contributed by atoms with Crippen LogP contribution in [0.2, 0.25) is 0 Å². The molecule has 1 saturated carbocycles. The number of amides is 1. The molecule has 1 saturated heterocycles. The van der Waals surface area contributed by atoms with Gasteiger partial charge in [-0.15, -0.1) is 0 Å². The number of hydrogen-bond donors (Lipinski definition) is 1. The number of piperidine rings is 1. The lowest BCUT2D eigenvalue weighted by molar-refractivity contribution is -0.137. The highest BCUT2D eigenvalue weighted by Gasteiger charge is 2.53. The predicted molar refractivity (Wildman–Crippen MR) is 112 cm³/mol. The van der Waals surface area contributed by atoms with Crippen LogP contribution in [-0.2, 0) is 22.3 Å². The van der Waals surface area contributed by atoms with Gasteiger partial charge in [-0.1, -0.05) is 24.3 Å². The zero-order valence-corrected chi connectivity index (χ0v) is 17.9. The van der Waals surface area contributed by atoms with Gasteiger partial charge in [0.25, 0.3) is 0 Å². The molecule has 2 aromatic rings. The molecule has 1 aliphatic carbocycles. The molecule has 8 heteroatoms. The zero-order chi connectivity index (χ0) is 23.0. The van der Waals surface area contributed by atoms with Crippen LogP contribution in [0, 0.1) is 5.92 Å². The second kappa shape index (κ2) is 8.58. The Labute approximate surface area is 184 Å². The van der Waals surface area contributed by atoms with Crippen LogP contribution in [0.1, 0.15) is 52.9 Å². The van der Waals surface area contributed by atoms with Crippen LogP contribution < -0.4 is 5.32 Å². The molecule has 2 aliphatic rings. The Bertz CT molecular complexity index is 989. The van der Waals surface area contributed by atoms with Gasteiger partial charge in [0.1, 0.15) is 0 Å². The van der Waals surface area contributed by atoms with Crippen LogP contribution in [0.5, 0.6) is 0 Å². The number of carbonyl (C=O) groups excluding carboxylic acids is 2. The maximum atomic E-state index is 13.0. The summed E-state index contributed by atoms with van der Waals surface area (Å²) >= 11 is 0. The van der Waals surface area contributed by atoms with Crippen LogP contribution in [0.3, 0.4) is 0 Å². The van der Waals surface area contributed by atoms with Crippen molar-refractivity contribution in [3.8, 4) is 0 Å². The summed E-state index contributed by atoms with van der Waals surface area (Å²) in [5.41, 5.74) is 1.39. The molecule has 3 unspecified atom stereocenters. The van der Waals surface area contributed by atoms with Crippen molar-refractivity contribution in [3.63, 3.8) is 0 Å². The van der Waals surface area contributed by atoms with Crippen LogP contribution in [0.25, 0.3) is 0 Å². The number of hydrogen-bond acceptors (Lipinski definition) is 4. The molecule has 1 N–H and O–H groups in total. The van der Waals surface area contributed by atoms with Crippen LogP contribution >= 0.6 is 0 Å². The van der Waals surface area contributed by atoms with Crippen molar-refractivity contribution < 1.29 is 27.5 Å². The summed E-state index contributed by atoms with van der Waals surface area (Å²) in [6.45, 7) is 2.32. The average molecular weight is 446 g/mol. The Morgan fingerprint density at radius 2 is 1.75 bits per heavy atom. The minimum atomic E-state index is -4.36. The molecule has 4 rings (SSSR count). The summed E-state index contributed by atoms with van der Waals surface area (Å²) in [6.07, 6.45) is -2.58. The quantitative estimate of drug-likeness (QED) is 0.671. The molecule has 0 radical (unpaired) electrons. The van der Waals surface area contributed by atoms with E-state index in [-0.39, 0.29) is 18.0 Å². The number of ether oxygens (including phenoxy) is 1. The van der Waals surface area contributed by atoms with Gasteiger partial charge in [0, 0.05) is 12.6 Å². The van der Waals surface area contributed by atoms with Gasteiger partial charge in [0.05, 0.1) is 30.3 Å². The van der Waals surface area contributed by atoms with Crippen LogP contribution in [0.15, 0.2) is 48.5 Å². The number of nitrogens with zero attached hydrogens (tertiary/aromatic N) is 1. The van der Waals surface area contributed by atoms with Gasteiger partial charge in [-0.3, -0.25) is 9.69 Å². The molecular weight excluding hydrogens is 421 g/mol. The normalized spacial score (nSPS) is 23.3. The van der Waals surface area contributed by atoms with E-state index in [1.807, 2.05) is 6.92 Å². The van der Waals surface area contributed by atoms with Gasteiger partial charge in [0.15, 0.2) is 0 Å². The lowest BCUT2D eigenvalue weighted by Gasteiger charge is -2.28. The Kier molecular flexibility index (Phi) is 5.99. The standard InChI is InChI=1S/C24H25F3N2O3/c1-14(16-5-7-17(8-6-16)23(31)32-2)28-22(30)21-12-18-11-20(18)29(21)13-15-3-9-19(10-4-15)24(25,26)27/h3-10,14,18,20-21H,11-13H2,1-2H3,(H,28,30)/t14-,18?,20?,21?/m0/s1. The molecule has 1 heterocycles. The van der Waals surface area contributed by atoms with E-state index in [1.54, 1.807) is 24.3 Å². The Hall–Kier alpha value is -2.87. The maximum Gasteiger partial charge on any atom is 0.416 e. The van der Waals surface area contributed by atoms with E-state index in [2.05, 4.69) is 10.2 Å². The molecule has 1 amide bonds. The summed E-state index contributed by atoms with van der Waals surface area (Å²) < 4.78 is 43.1. The number of fused-ring (bicyclic) bond motifs is 1. The summed E-state index contributed by atoms with van der Waals surface area (Å²) in [5, 5.41) is 3.04. The number of likely N-dealkylation sites (tertiary alicyclic amines) is 1. The molecule has 1 aliphatic heterocycles. The van der Waals surface area contributed by atoms with E-state index >= 15 is 0 Å². The second-order valence-corrected chi connectivity index (χ2v) is 8.53. The number of methoxy groups -OCH3 is 1. The third-order valence-electron chi connectivity index (χ3n) is 6.38. The first kappa shape index (κ1) is 22.3. The molecule has 0 bridgehead atoms. The van der Waals surface area contributed by atoms with Crippen molar-refractivity contribution in [1.29, 1.82) is 0 Å². The van der Waals surface area contributed by atoms with Crippen LogP contribution in [-0.4, -0.2) is 36.0 Å². The van der Waals surface area contributed by atoms with Crippen LogP contribution in [0.4, 0.5) is 13.2 Å². The number of alkyl halides is 3. The minimum absolute atomic E-state index is 0.0892. The first-order valence-electron chi connectivity index (χ1n) is 10.6. The summed E-state index contributed by atoms with van der Waals surface area (Å²) in [4.78, 5) is 26.7. The minimum Gasteiger partial charge on any atom is -0.465 e. The van der Waals surface area contributed by atoms with E-state index in [0.29, 0.717) is 24.1 Å². The van der Waals surface area contributed by atoms with Gasteiger partial charge in [-0.2, -0.15) is 13.2 Å². The molecule has 0 spiro atoms. The zero-order valence-electron chi connectivity index (χ0n) is 17.9. The summed E-state index contributed by atoms with van der Waals surface area (Å²) in [7, 11) is 1.32. The fourth-order valence-corrected chi connectivity index (χ4v) is 4.46. The molecule has 5 nitrogen and oxygen atoms in total. The summed E-state index contributed by atoms with van der Waals surface area (Å²) in [5.74, 6) is -0.0409. The van der Waals surface area contributed by atoms with E-state index in [0.717, 1.165) is 36.1 Å². The largest absolute Gasteiger partial charge is 0.465 e. The number of esters is 1. The van der Waals surface area contributed by atoms with Gasteiger partial charge < -0.3 is 10.1 Å². The third-order valence-corrected chi connectivity index (χ3v) is 6.38. The molecular formula is C24H25F3N2O3.